The molecule has 0 aromatic heterocycles. The minimum Gasteiger partial charge on any atom is -0.411 e. The third-order valence-corrected chi connectivity index (χ3v) is 3.40. The third kappa shape index (κ3) is 3.57. The van der Waals surface area contributed by atoms with Crippen LogP contribution in [0.3, 0.4) is 0 Å². The summed E-state index contributed by atoms with van der Waals surface area (Å²) >= 11 is 0. The zero-order valence-corrected chi connectivity index (χ0v) is 12.1. The highest BCUT2D eigenvalue weighted by molar-refractivity contribution is 6.17. The van der Waals surface area contributed by atoms with Gasteiger partial charge in [0.2, 0.25) is 0 Å². The summed E-state index contributed by atoms with van der Waals surface area (Å²) in [4.78, 5) is 12.5. The van der Waals surface area contributed by atoms with Crippen molar-refractivity contribution in [3.63, 3.8) is 0 Å². The fourth-order valence-corrected chi connectivity index (χ4v) is 2.42. The van der Waals surface area contributed by atoms with Gasteiger partial charge in [-0.25, -0.2) is 0 Å². The summed E-state index contributed by atoms with van der Waals surface area (Å²) in [7, 11) is 0. The first-order valence-corrected chi connectivity index (χ1v) is 7.13. The lowest BCUT2D eigenvalue weighted by Crippen LogP contribution is -2.23. The standard InChI is InChI=1S/C18H19NO2/c1-2-9-16(20)17(14-10-5-3-6-11-14)18(19-21)15-12-7-4-8-13-15/h3-8,10-13,17,21H,2,9H2,1H3. The van der Waals surface area contributed by atoms with Gasteiger partial charge in [-0.2, -0.15) is 0 Å². The van der Waals surface area contributed by atoms with Crippen molar-refractivity contribution in [2.45, 2.75) is 25.7 Å². The molecule has 1 unspecified atom stereocenters. The number of hydrogen-bond acceptors (Lipinski definition) is 3. The fourth-order valence-electron chi connectivity index (χ4n) is 2.42. The lowest BCUT2D eigenvalue weighted by molar-refractivity contribution is -0.119. The van der Waals surface area contributed by atoms with Gasteiger partial charge in [0, 0.05) is 12.0 Å². The van der Waals surface area contributed by atoms with Crippen LogP contribution in [0.15, 0.2) is 65.8 Å². The number of carbonyl (C=O) groups is 1. The van der Waals surface area contributed by atoms with Gasteiger partial charge in [0.1, 0.15) is 11.5 Å². The van der Waals surface area contributed by atoms with E-state index < -0.39 is 5.92 Å². The summed E-state index contributed by atoms with van der Waals surface area (Å²) in [5, 5.41) is 12.9. The summed E-state index contributed by atoms with van der Waals surface area (Å²) < 4.78 is 0. The Bertz CT molecular complexity index is 606. The second kappa shape index (κ2) is 7.39. The SMILES string of the molecule is CCCC(=O)C(C(=NO)c1ccccc1)c1ccccc1. The molecule has 0 aliphatic carbocycles. The molecule has 0 aliphatic rings. The Kier molecular flexibility index (Phi) is 5.27. The first kappa shape index (κ1) is 15.0. The second-order valence-electron chi connectivity index (χ2n) is 4.91. The van der Waals surface area contributed by atoms with Crippen LogP contribution in [0.2, 0.25) is 0 Å². The summed E-state index contributed by atoms with van der Waals surface area (Å²) in [6, 6.07) is 18.8. The van der Waals surface area contributed by atoms with E-state index in [1.54, 1.807) is 0 Å². The summed E-state index contributed by atoms with van der Waals surface area (Å²) in [5.41, 5.74) is 2.02. The van der Waals surface area contributed by atoms with Gasteiger partial charge in [-0.1, -0.05) is 72.7 Å². The molecule has 0 fully saturated rings. The number of rotatable bonds is 6. The van der Waals surface area contributed by atoms with Gasteiger partial charge < -0.3 is 5.21 Å². The molecule has 0 aliphatic heterocycles. The van der Waals surface area contributed by atoms with Crippen molar-refractivity contribution in [3.8, 4) is 0 Å². The predicted molar refractivity (Wildman–Crippen MR) is 83.9 cm³/mol. The highest BCUT2D eigenvalue weighted by atomic mass is 16.4. The Labute approximate surface area is 124 Å². The Morgan fingerprint density at radius 1 is 1.05 bits per heavy atom. The molecule has 0 saturated heterocycles. The molecular formula is C18H19NO2. The van der Waals surface area contributed by atoms with Gasteiger partial charge in [-0.05, 0) is 12.0 Å². The van der Waals surface area contributed by atoms with Crippen LogP contribution >= 0.6 is 0 Å². The van der Waals surface area contributed by atoms with Gasteiger partial charge in [0.05, 0.1) is 5.92 Å². The smallest absolute Gasteiger partial charge is 0.146 e. The number of carbonyl (C=O) groups excluding carboxylic acids is 1. The second-order valence-corrected chi connectivity index (χ2v) is 4.91. The first-order valence-electron chi connectivity index (χ1n) is 7.13. The number of hydrogen-bond donors (Lipinski definition) is 1. The molecule has 2 rings (SSSR count). The molecule has 21 heavy (non-hydrogen) atoms. The molecule has 2 aromatic rings. The molecule has 108 valence electrons. The van der Waals surface area contributed by atoms with Crippen molar-refractivity contribution in [1.82, 2.24) is 0 Å². The zero-order valence-electron chi connectivity index (χ0n) is 12.1. The largest absolute Gasteiger partial charge is 0.411 e. The highest BCUT2D eigenvalue weighted by Gasteiger charge is 2.27. The fraction of sp³-hybridized carbons (Fsp3) is 0.222. The molecule has 0 saturated carbocycles. The van der Waals surface area contributed by atoms with E-state index >= 15 is 0 Å². The summed E-state index contributed by atoms with van der Waals surface area (Å²) in [5.74, 6) is -0.459. The quantitative estimate of drug-likeness (QED) is 0.494. The van der Waals surface area contributed by atoms with Gasteiger partial charge in [0.25, 0.3) is 0 Å². The van der Waals surface area contributed by atoms with Crippen molar-refractivity contribution < 1.29 is 10.0 Å². The van der Waals surface area contributed by atoms with E-state index in [0.29, 0.717) is 12.1 Å². The van der Waals surface area contributed by atoms with Gasteiger partial charge >= 0.3 is 0 Å². The van der Waals surface area contributed by atoms with E-state index in [1.165, 1.54) is 0 Å². The van der Waals surface area contributed by atoms with Crippen molar-refractivity contribution in [1.29, 1.82) is 0 Å². The Hall–Kier alpha value is -2.42. The van der Waals surface area contributed by atoms with Crippen LogP contribution in [-0.4, -0.2) is 16.7 Å². The average Bonchev–Trinajstić information content (AvgIpc) is 2.54. The van der Waals surface area contributed by atoms with E-state index in [1.807, 2.05) is 67.6 Å². The third-order valence-electron chi connectivity index (χ3n) is 3.40. The maximum atomic E-state index is 12.5. The van der Waals surface area contributed by atoms with E-state index in [4.69, 9.17) is 0 Å². The van der Waals surface area contributed by atoms with Crippen molar-refractivity contribution in [2.75, 3.05) is 0 Å². The molecule has 3 nitrogen and oxygen atoms in total. The van der Waals surface area contributed by atoms with Gasteiger partial charge in [0.15, 0.2) is 0 Å². The number of Topliss-reactive ketones (excluding diaryl/α,β-unsaturated/α-hetero) is 1. The topological polar surface area (TPSA) is 49.7 Å². The van der Waals surface area contributed by atoms with Crippen molar-refractivity contribution in [3.05, 3.63) is 71.8 Å². The van der Waals surface area contributed by atoms with Gasteiger partial charge in [-0.15, -0.1) is 0 Å². The lowest BCUT2D eigenvalue weighted by atomic mass is 9.85. The molecule has 2 aromatic carbocycles. The van der Waals surface area contributed by atoms with Gasteiger partial charge in [-0.3, -0.25) is 4.79 Å². The summed E-state index contributed by atoms with van der Waals surface area (Å²) in [6.07, 6.45) is 1.24. The average molecular weight is 281 g/mol. The van der Waals surface area contributed by atoms with E-state index in [0.717, 1.165) is 17.5 Å². The molecule has 0 spiro atoms. The summed E-state index contributed by atoms with van der Waals surface area (Å²) in [6.45, 7) is 1.97. The van der Waals surface area contributed by atoms with Crippen LogP contribution in [0.1, 0.15) is 36.8 Å². The van der Waals surface area contributed by atoms with Crippen LogP contribution in [-0.2, 0) is 4.79 Å². The molecule has 3 heteroatoms. The normalized spacial score (nSPS) is 12.9. The van der Waals surface area contributed by atoms with E-state index in [2.05, 4.69) is 5.16 Å². The number of nitrogens with zero attached hydrogens (tertiary/aromatic N) is 1. The minimum absolute atomic E-state index is 0.0698. The van der Waals surface area contributed by atoms with Crippen LogP contribution in [0.25, 0.3) is 0 Å². The minimum atomic E-state index is -0.529. The monoisotopic (exact) mass is 281 g/mol. The van der Waals surface area contributed by atoms with Crippen LogP contribution in [0.4, 0.5) is 0 Å². The predicted octanol–water partition coefficient (Wildman–Crippen LogP) is 4.02. The van der Waals surface area contributed by atoms with Crippen LogP contribution in [0, 0.1) is 0 Å². The molecule has 0 heterocycles. The highest BCUT2D eigenvalue weighted by Crippen LogP contribution is 2.24. The zero-order chi connectivity index (χ0) is 15.1. The molecule has 1 N–H and O–H groups in total. The number of ketones is 1. The van der Waals surface area contributed by atoms with E-state index in [9.17, 15) is 10.0 Å². The lowest BCUT2D eigenvalue weighted by Gasteiger charge is -2.17. The Morgan fingerprint density at radius 2 is 1.62 bits per heavy atom. The molecule has 0 amide bonds. The number of benzene rings is 2. The maximum Gasteiger partial charge on any atom is 0.146 e. The molecule has 0 radical (unpaired) electrons. The maximum absolute atomic E-state index is 12.5. The molecular weight excluding hydrogens is 262 g/mol. The van der Waals surface area contributed by atoms with Crippen LogP contribution < -0.4 is 0 Å². The Balaban J connectivity index is 2.46. The Morgan fingerprint density at radius 3 is 2.14 bits per heavy atom. The van der Waals surface area contributed by atoms with Crippen molar-refractivity contribution >= 4 is 11.5 Å². The van der Waals surface area contributed by atoms with E-state index in [-0.39, 0.29) is 5.78 Å². The molecule has 1 atom stereocenters. The molecule has 0 bridgehead atoms. The number of oxime groups is 1. The van der Waals surface area contributed by atoms with Crippen molar-refractivity contribution in [2.24, 2.45) is 5.16 Å². The first-order chi connectivity index (χ1) is 10.3. The van der Waals surface area contributed by atoms with Crippen LogP contribution in [0.5, 0.6) is 0 Å².